The first-order valence-electron chi connectivity index (χ1n) is 6.18. The van der Waals surface area contributed by atoms with Crippen LogP contribution in [0.4, 0.5) is 8.78 Å². The molecule has 1 unspecified atom stereocenters. The van der Waals surface area contributed by atoms with Gasteiger partial charge in [0.05, 0.1) is 11.9 Å². The van der Waals surface area contributed by atoms with Crippen LogP contribution >= 0.6 is 15.9 Å². The Hall–Kier alpha value is -1.42. The molecule has 0 aromatic heterocycles. The van der Waals surface area contributed by atoms with Crippen LogP contribution in [-0.2, 0) is 0 Å². The standard InChI is InChI=1S/C16H15BrF2O/c1-9-7-11(18)8-10(2)14(9)16(17)15-12(19)5-4-6-13(15)20-3/h4-8,16H,1-3H3. The lowest BCUT2D eigenvalue weighted by Crippen LogP contribution is -2.04. The average molecular weight is 341 g/mol. The second-order valence-corrected chi connectivity index (χ2v) is 5.59. The van der Waals surface area contributed by atoms with Crippen LogP contribution in [0.25, 0.3) is 0 Å². The van der Waals surface area contributed by atoms with Gasteiger partial charge in [0.15, 0.2) is 0 Å². The van der Waals surface area contributed by atoms with Gasteiger partial charge < -0.3 is 4.74 Å². The van der Waals surface area contributed by atoms with Gasteiger partial charge in [-0.05, 0) is 54.8 Å². The molecule has 0 radical (unpaired) electrons. The molecule has 0 bridgehead atoms. The second-order valence-electron chi connectivity index (χ2n) is 4.67. The van der Waals surface area contributed by atoms with Gasteiger partial charge >= 0.3 is 0 Å². The molecule has 0 amide bonds. The lowest BCUT2D eigenvalue weighted by molar-refractivity contribution is 0.405. The minimum absolute atomic E-state index is 0.288. The Bertz CT molecular complexity index is 617. The fourth-order valence-electron chi connectivity index (χ4n) is 2.41. The van der Waals surface area contributed by atoms with Gasteiger partial charge in [-0.1, -0.05) is 22.0 Å². The van der Waals surface area contributed by atoms with E-state index in [0.29, 0.717) is 11.3 Å². The Kier molecular flexibility index (Phi) is 4.43. The van der Waals surface area contributed by atoms with E-state index in [1.54, 1.807) is 12.1 Å². The van der Waals surface area contributed by atoms with E-state index in [4.69, 9.17) is 4.74 Å². The van der Waals surface area contributed by atoms with Crippen molar-refractivity contribution in [2.75, 3.05) is 7.11 Å². The van der Waals surface area contributed by atoms with Crippen molar-refractivity contribution >= 4 is 15.9 Å². The zero-order valence-electron chi connectivity index (χ0n) is 11.5. The molecule has 0 aliphatic heterocycles. The third-order valence-corrected chi connectivity index (χ3v) is 4.21. The van der Waals surface area contributed by atoms with E-state index in [9.17, 15) is 8.78 Å². The SMILES string of the molecule is COc1cccc(F)c1C(Br)c1c(C)cc(F)cc1C. The fraction of sp³-hybridized carbons (Fsp3) is 0.250. The molecule has 2 aromatic carbocycles. The molecule has 0 N–H and O–H groups in total. The van der Waals surface area contributed by atoms with Crippen LogP contribution in [-0.4, -0.2) is 7.11 Å². The van der Waals surface area contributed by atoms with Crippen LogP contribution in [0, 0.1) is 25.5 Å². The summed E-state index contributed by atoms with van der Waals surface area (Å²) in [4.78, 5) is -0.390. The molecule has 0 saturated carbocycles. The third kappa shape index (κ3) is 2.70. The van der Waals surface area contributed by atoms with E-state index in [1.165, 1.54) is 25.3 Å². The second kappa shape index (κ2) is 5.92. The molecule has 106 valence electrons. The number of benzene rings is 2. The number of aryl methyl sites for hydroxylation is 2. The first-order chi connectivity index (χ1) is 9.45. The van der Waals surface area contributed by atoms with Gasteiger partial charge in [0, 0.05) is 5.56 Å². The maximum Gasteiger partial charge on any atom is 0.131 e. The number of rotatable bonds is 3. The van der Waals surface area contributed by atoms with E-state index in [0.717, 1.165) is 16.7 Å². The Morgan fingerprint density at radius 3 is 2.20 bits per heavy atom. The number of halogens is 3. The molecular weight excluding hydrogens is 326 g/mol. The number of alkyl halides is 1. The zero-order chi connectivity index (χ0) is 14.9. The molecule has 0 aliphatic rings. The maximum absolute atomic E-state index is 14.1. The number of ether oxygens (including phenoxy) is 1. The van der Waals surface area contributed by atoms with Crippen molar-refractivity contribution in [1.29, 1.82) is 0 Å². The van der Waals surface area contributed by atoms with Crippen LogP contribution in [0.3, 0.4) is 0 Å². The Morgan fingerprint density at radius 2 is 1.65 bits per heavy atom. The molecule has 0 saturated heterocycles. The summed E-state index contributed by atoms with van der Waals surface area (Å²) in [6.45, 7) is 3.62. The normalized spacial score (nSPS) is 12.3. The quantitative estimate of drug-likeness (QED) is 0.708. The molecule has 0 aliphatic carbocycles. The monoisotopic (exact) mass is 340 g/mol. The minimum Gasteiger partial charge on any atom is -0.496 e. The molecule has 2 aromatic rings. The van der Waals surface area contributed by atoms with Crippen molar-refractivity contribution in [3.8, 4) is 5.75 Å². The summed E-state index contributed by atoms with van der Waals surface area (Å²) in [5, 5.41) is 0. The summed E-state index contributed by atoms with van der Waals surface area (Å²) >= 11 is 3.52. The lowest BCUT2D eigenvalue weighted by atomic mass is 9.95. The molecule has 0 spiro atoms. The zero-order valence-corrected chi connectivity index (χ0v) is 13.1. The molecule has 0 heterocycles. The summed E-state index contributed by atoms with van der Waals surface area (Å²) in [6, 6.07) is 7.59. The van der Waals surface area contributed by atoms with Crippen molar-refractivity contribution in [2.24, 2.45) is 0 Å². The van der Waals surface area contributed by atoms with Crippen LogP contribution < -0.4 is 4.74 Å². The Morgan fingerprint density at radius 1 is 1.05 bits per heavy atom. The number of hydrogen-bond acceptors (Lipinski definition) is 1. The van der Waals surface area contributed by atoms with Crippen LogP contribution in [0.5, 0.6) is 5.75 Å². The molecule has 4 heteroatoms. The molecule has 20 heavy (non-hydrogen) atoms. The van der Waals surface area contributed by atoms with Gasteiger partial charge in [0.2, 0.25) is 0 Å². The Labute approximate surface area is 125 Å². The number of hydrogen-bond donors (Lipinski definition) is 0. The molecule has 0 fully saturated rings. The summed E-state index contributed by atoms with van der Waals surface area (Å²) < 4.78 is 32.7. The van der Waals surface area contributed by atoms with E-state index >= 15 is 0 Å². The minimum atomic E-state index is -0.390. The van der Waals surface area contributed by atoms with Gasteiger partial charge in [0.25, 0.3) is 0 Å². The van der Waals surface area contributed by atoms with Gasteiger partial charge in [0.1, 0.15) is 17.4 Å². The van der Waals surface area contributed by atoms with E-state index in [2.05, 4.69) is 15.9 Å². The summed E-state index contributed by atoms with van der Waals surface area (Å²) in [5.74, 6) is -0.173. The van der Waals surface area contributed by atoms with Crippen molar-refractivity contribution in [3.63, 3.8) is 0 Å². The average Bonchev–Trinajstić information content (AvgIpc) is 2.36. The van der Waals surface area contributed by atoms with Gasteiger partial charge in [-0.3, -0.25) is 0 Å². The van der Waals surface area contributed by atoms with E-state index in [-0.39, 0.29) is 16.5 Å². The lowest BCUT2D eigenvalue weighted by Gasteiger charge is -2.19. The fourth-order valence-corrected chi connectivity index (χ4v) is 3.57. The molecule has 2 rings (SSSR count). The third-order valence-electron chi connectivity index (χ3n) is 3.30. The highest BCUT2D eigenvalue weighted by molar-refractivity contribution is 9.09. The van der Waals surface area contributed by atoms with Crippen molar-refractivity contribution in [2.45, 2.75) is 18.7 Å². The first kappa shape index (κ1) is 15.0. The Balaban J connectivity index is 2.61. The first-order valence-corrected chi connectivity index (χ1v) is 7.10. The van der Waals surface area contributed by atoms with Gasteiger partial charge in [-0.2, -0.15) is 0 Å². The highest BCUT2D eigenvalue weighted by Crippen LogP contribution is 2.40. The van der Waals surface area contributed by atoms with E-state index in [1.807, 2.05) is 13.8 Å². The van der Waals surface area contributed by atoms with Crippen LogP contribution in [0.2, 0.25) is 0 Å². The highest BCUT2D eigenvalue weighted by atomic mass is 79.9. The van der Waals surface area contributed by atoms with Gasteiger partial charge in [-0.15, -0.1) is 0 Å². The molecule has 1 atom stereocenters. The van der Waals surface area contributed by atoms with Crippen molar-refractivity contribution < 1.29 is 13.5 Å². The largest absolute Gasteiger partial charge is 0.496 e. The smallest absolute Gasteiger partial charge is 0.131 e. The summed E-state index contributed by atoms with van der Waals surface area (Å²) in [7, 11) is 1.50. The van der Waals surface area contributed by atoms with Crippen molar-refractivity contribution in [1.82, 2.24) is 0 Å². The van der Waals surface area contributed by atoms with E-state index < -0.39 is 0 Å². The summed E-state index contributed by atoms with van der Waals surface area (Å²) in [5.41, 5.74) is 2.83. The molecule has 1 nitrogen and oxygen atoms in total. The summed E-state index contributed by atoms with van der Waals surface area (Å²) in [6.07, 6.45) is 0. The highest BCUT2D eigenvalue weighted by Gasteiger charge is 2.23. The topological polar surface area (TPSA) is 9.23 Å². The molecular formula is C16H15BrF2O. The maximum atomic E-state index is 14.1. The van der Waals surface area contributed by atoms with Gasteiger partial charge in [-0.25, -0.2) is 8.78 Å². The number of methoxy groups -OCH3 is 1. The van der Waals surface area contributed by atoms with Crippen LogP contribution in [0.1, 0.15) is 27.1 Å². The predicted molar refractivity (Wildman–Crippen MR) is 79.6 cm³/mol. The predicted octanol–water partition coefficient (Wildman–Crippen LogP) is 5.07. The van der Waals surface area contributed by atoms with Crippen molar-refractivity contribution in [3.05, 3.63) is 64.2 Å². The van der Waals surface area contributed by atoms with Crippen LogP contribution in [0.15, 0.2) is 30.3 Å².